The summed E-state index contributed by atoms with van der Waals surface area (Å²) in [6, 6.07) is 4.87. The summed E-state index contributed by atoms with van der Waals surface area (Å²) in [5.74, 6) is -0.178. The van der Waals surface area contributed by atoms with E-state index in [1.807, 2.05) is 4.90 Å². The largest absolute Gasteiger partial charge is 0.475 e. The number of hydrogen-bond acceptors (Lipinski definition) is 6. The molecule has 3 heterocycles. The molecule has 138 valence electrons. The number of carbonyl (C=O) groups excluding carboxylic acids is 1. The van der Waals surface area contributed by atoms with Crippen LogP contribution in [0.3, 0.4) is 0 Å². The third kappa shape index (κ3) is 4.26. The molecule has 8 heteroatoms. The minimum Gasteiger partial charge on any atom is -0.475 e. The second-order valence-corrected chi connectivity index (χ2v) is 5.84. The Hall–Kier alpha value is -2.74. The molecule has 1 amide bonds. The first-order valence-electron chi connectivity index (χ1n) is 8.40. The quantitative estimate of drug-likeness (QED) is 0.729. The summed E-state index contributed by atoms with van der Waals surface area (Å²) in [6.45, 7) is 3.02. The SMILES string of the molecule is COCCOc1ncccc1C(=O)N1CCN(c2cncc(F)c2)CC1. The van der Waals surface area contributed by atoms with E-state index >= 15 is 0 Å². The normalized spacial score (nSPS) is 14.4. The molecular weight excluding hydrogens is 339 g/mol. The number of rotatable bonds is 6. The van der Waals surface area contributed by atoms with E-state index in [1.54, 1.807) is 36.5 Å². The van der Waals surface area contributed by atoms with Gasteiger partial charge in [0.2, 0.25) is 5.88 Å². The molecular formula is C18H21FN4O3. The number of carbonyl (C=O) groups is 1. The van der Waals surface area contributed by atoms with Gasteiger partial charge in [-0.3, -0.25) is 9.78 Å². The first kappa shape index (κ1) is 18.1. The van der Waals surface area contributed by atoms with Crippen molar-refractivity contribution in [3.05, 3.63) is 48.2 Å². The molecule has 0 N–H and O–H groups in total. The highest BCUT2D eigenvalue weighted by atomic mass is 19.1. The molecule has 0 aromatic carbocycles. The van der Waals surface area contributed by atoms with Crippen LogP contribution < -0.4 is 9.64 Å². The fourth-order valence-corrected chi connectivity index (χ4v) is 2.80. The zero-order valence-electron chi connectivity index (χ0n) is 14.6. The van der Waals surface area contributed by atoms with Crippen LogP contribution in [0.25, 0.3) is 0 Å². The minimum atomic E-state index is -0.366. The molecule has 26 heavy (non-hydrogen) atoms. The van der Waals surface area contributed by atoms with Crippen LogP contribution in [-0.2, 0) is 4.74 Å². The number of methoxy groups -OCH3 is 1. The highest BCUT2D eigenvalue weighted by Crippen LogP contribution is 2.20. The van der Waals surface area contributed by atoms with Crippen LogP contribution in [-0.4, -0.2) is 67.3 Å². The van der Waals surface area contributed by atoms with Crippen LogP contribution in [0.1, 0.15) is 10.4 Å². The number of ether oxygens (including phenoxy) is 2. The van der Waals surface area contributed by atoms with Crippen molar-refractivity contribution in [3.8, 4) is 5.88 Å². The summed E-state index contributed by atoms with van der Waals surface area (Å²) in [5.41, 5.74) is 1.16. The van der Waals surface area contributed by atoms with Crippen LogP contribution in [0.15, 0.2) is 36.8 Å². The van der Waals surface area contributed by atoms with Crippen molar-refractivity contribution >= 4 is 11.6 Å². The monoisotopic (exact) mass is 360 g/mol. The Labute approximate surface area is 151 Å². The average molecular weight is 360 g/mol. The maximum atomic E-state index is 13.3. The fourth-order valence-electron chi connectivity index (χ4n) is 2.80. The van der Waals surface area contributed by atoms with Crippen molar-refractivity contribution in [1.82, 2.24) is 14.9 Å². The van der Waals surface area contributed by atoms with Gasteiger partial charge in [0.1, 0.15) is 18.0 Å². The van der Waals surface area contributed by atoms with Crippen molar-refractivity contribution in [2.24, 2.45) is 0 Å². The van der Waals surface area contributed by atoms with Gasteiger partial charge in [0, 0.05) is 45.6 Å². The summed E-state index contributed by atoms with van der Waals surface area (Å²) in [6.07, 6.45) is 4.40. The number of amides is 1. The topological polar surface area (TPSA) is 67.8 Å². The predicted octanol–water partition coefficient (Wildman–Crippen LogP) is 1.60. The Bertz CT molecular complexity index is 751. The molecule has 2 aromatic heterocycles. The number of nitrogens with zero attached hydrogens (tertiary/aromatic N) is 4. The van der Waals surface area contributed by atoms with Gasteiger partial charge < -0.3 is 19.3 Å². The molecule has 0 unspecified atom stereocenters. The lowest BCUT2D eigenvalue weighted by atomic mass is 10.2. The number of halogens is 1. The van der Waals surface area contributed by atoms with Crippen molar-refractivity contribution < 1.29 is 18.7 Å². The molecule has 0 radical (unpaired) electrons. The van der Waals surface area contributed by atoms with Gasteiger partial charge in [-0.05, 0) is 12.1 Å². The second kappa shape index (κ2) is 8.57. The van der Waals surface area contributed by atoms with Gasteiger partial charge in [0.25, 0.3) is 5.91 Å². The summed E-state index contributed by atoms with van der Waals surface area (Å²) >= 11 is 0. The third-order valence-corrected chi connectivity index (χ3v) is 4.15. The second-order valence-electron chi connectivity index (χ2n) is 5.84. The van der Waals surface area contributed by atoms with E-state index in [2.05, 4.69) is 9.97 Å². The molecule has 1 fully saturated rings. The molecule has 1 aliphatic heterocycles. The summed E-state index contributed by atoms with van der Waals surface area (Å²) < 4.78 is 23.8. The molecule has 0 spiro atoms. The van der Waals surface area contributed by atoms with Gasteiger partial charge in [-0.2, -0.15) is 0 Å². The van der Waals surface area contributed by atoms with Gasteiger partial charge in [0.05, 0.1) is 24.7 Å². The summed E-state index contributed by atoms with van der Waals surface area (Å²) in [7, 11) is 1.58. The van der Waals surface area contributed by atoms with Gasteiger partial charge in [0.15, 0.2) is 0 Å². The molecule has 1 aliphatic rings. The van der Waals surface area contributed by atoms with Gasteiger partial charge in [-0.15, -0.1) is 0 Å². The van der Waals surface area contributed by atoms with Crippen molar-refractivity contribution in [2.75, 3.05) is 51.4 Å². The Morgan fingerprint density at radius 2 is 2.04 bits per heavy atom. The van der Waals surface area contributed by atoms with Crippen molar-refractivity contribution in [2.45, 2.75) is 0 Å². The molecule has 1 saturated heterocycles. The minimum absolute atomic E-state index is 0.123. The van der Waals surface area contributed by atoms with E-state index in [9.17, 15) is 9.18 Å². The zero-order valence-corrected chi connectivity index (χ0v) is 14.6. The lowest BCUT2D eigenvalue weighted by Crippen LogP contribution is -2.49. The maximum Gasteiger partial charge on any atom is 0.259 e. The van der Waals surface area contributed by atoms with Gasteiger partial charge in [-0.25, -0.2) is 9.37 Å². The standard InChI is InChI=1S/C18H21FN4O3/c1-25-9-10-26-17-16(3-2-4-21-17)18(24)23-7-5-22(6-8-23)15-11-14(19)12-20-13-15/h2-4,11-13H,5-10H2,1H3. The Morgan fingerprint density at radius 1 is 1.23 bits per heavy atom. The Balaban J connectivity index is 1.63. The zero-order chi connectivity index (χ0) is 18.4. The maximum absolute atomic E-state index is 13.3. The Morgan fingerprint density at radius 3 is 2.77 bits per heavy atom. The molecule has 0 saturated carbocycles. The van der Waals surface area contributed by atoms with Crippen molar-refractivity contribution in [3.63, 3.8) is 0 Å². The number of piperazine rings is 1. The van der Waals surface area contributed by atoms with Crippen LogP contribution in [0.5, 0.6) is 5.88 Å². The first-order chi connectivity index (χ1) is 12.7. The van der Waals surface area contributed by atoms with Gasteiger partial charge in [-0.1, -0.05) is 0 Å². The van der Waals surface area contributed by atoms with Crippen molar-refractivity contribution in [1.29, 1.82) is 0 Å². The predicted molar refractivity (Wildman–Crippen MR) is 93.9 cm³/mol. The van der Waals surface area contributed by atoms with E-state index in [4.69, 9.17) is 9.47 Å². The third-order valence-electron chi connectivity index (χ3n) is 4.15. The molecule has 0 bridgehead atoms. The highest BCUT2D eigenvalue weighted by molar-refractivity contribution is 5.96. The van der Waals surface area contributed by atoms with Gasteiger partial charge >= 0.3 is 0 Å². The van der Waals surface area contributed by atoms with E-state index in [0.29, 0.717) is 50.8 Å². The average Bonchev–Trinajstić information content (AvgIpc) is 2.68. The van der Waals surface area contributed by atoms with Crippen LogP contribution in [0.2, 0.25) is 0 Å². The number of anilines is 1. The van der Waals surface area contributed by atoms with E-state index in [-0.39, 0.29) is 11.7 Å². The lowest BCUT2D eigenvalue weighted by Gasteiger charge is -2.36. The van der Waals surface area contributed by atoms with Crippen LogP contribution >= 0.6 is 0 Å². The number of hydrogen-bond donors (Lipinski definition) is 0. The molecule has 0 atom stereocenters. The van der Waals surface area contributed by atoms with Crippen LogP contribution in [0.4, 0.5) is 10.1 Å². The van der Waals surface area contributed by atoms with E-state index in [0.717, 1.165) is 5.69 Å². The molecule has 2 aromatic rings. The molecule has 3 rings (SSSR count). The Kier molecular flexibility index (Phi) is 5.96. The molecule has 0 aliphatic carbocycles. The lowest BCUT2D eigenvalue weighted by molar-refractivity contribution is 0.0738. The van der Waals surface area contributed by atoms with Crippen LogP contribution in [0, 0.1) is 5.82 Å². The first-order valence-corrected chi connectivity index (χ1v) is 8.40. The summed E-state index contributed by atoms with van der Waals surface area (Å²) in [5, 5.41) is 0. The van der Waals surface area contributed by atoms with E-state index in [1.165, 1.54) is 12.3 Å². The smallest absolute Gasteiger partial charge is 0.259 e. The van der Waals surface area contributed by atoms with E-state index < -0.39 is 0 Å². The number of aromatic nitrogens is 2. The number of pyridine rings is 2. The summed E-state index contributed by atoms with van der Waals surface area (Å²) in [4.78, 5) is 24.6. The fraction of sp³-hybridized carbons (Fsp3) is 0.389. The molecule has 7 nitrogen and oxygen atoms in total. The highest BCUT2D eigenvalue weighted by Gasteiger charge is 2.25.